The summed E-state index contributed by atoms with van der Waals surface area (Å²) in [4.78, 5) is 10.8. The Morgan fingerprint density at radius 1 is 1.12 bits per heavy atom. The maximum Gasteiger partial charge on any atom is 0.416 e. The number of aryl methyl sites for hydroxylation is 2. The van der Waals surface area contributed by atoms with E-state index in [-0.39, 0.29) is 6.61 Å². The Kier molecular flexibility index (Phi) is 4.11. The van der Waals surface area contributed by atoms with E-state index in [1.807, 2.05) is 0 Å². The third-order valence-electron chi connectivity index (χ3n) is 4.35. The number of rotatable bonds is 3. The van der Waals surface area contributed by atoms with Crippen LogP contribution in [0.4, 0.5) is 13.2 Å². The van der Waals surface area contributed by atoms with Crippen LogP contribution in [0.3, 0.4) is 0 Å². The molecule has 0 aliphatic heterocycles. The second kappa shape index (κ2) is 6.29. The predicted molar refractivity (Wildman–Crippen MR) is 89.8 cm³/mol. The maximum atomic E-state index is 12.8. The van der Waals surface area contributed by atoms with Gasteiger partial charge in [-0.2, -0.15) is 13.2 Å². The first-order valence-electron chi connectivity index (χ1n) is 8.06. The van der Waals surface area contributed by atoms with Crippen LogP contribution in [0.25, 0.3) is 10.2 Å². The zero-order valence-corrected chi connectivity index (χ0v) is 14.1. The number of nitrogens with zero attached hydrogens (tertiary/aromatic N) is 2. The predicted octanol–water partition coefficient (Wildman–Crippen LogP) is 5.17. The van der Waals surface area contributed by atoms with E-state index in [1.54, 1.807) is 17.4 Å². The van der Waals surface area contributed by atoms with Crippen LogP contribution in [0.5, 0.6) is 5.88 Å². The summed E-state index contributed by atoms with van der Waals surface area (Å²) in [5, 5.41) is 0.925. The molecular weight excluding hydrogens is 349 g/mol. The molecule has 2 aromatic heterocycles. The van der Waals surface area contributed by atoms with Gasteiger partial charge in [0.25, 0.3) is 0 Å². The fourth-order valence-corrected chi connectivity index (χ4v) is 4.38. The minimum atomic E-state index is -4.36. The number of aromatic nitrogens is 2. The highest BCUT2D eigenvalue weighted by Gasteiger charge is 2.30. The summed E-state index contributed by atoms with van der Waals surface area (Å²) in [7, 11) is 0. The van der Waals surface area contributed by atoms with Crippen molar-refractivity contribution in [2.45, 2.75) is 38.5 Å². The van der Waals surface area contributed by atoms with Crippen molar-refractivity contribution in [3.05, 3.63) is 52.2 Å². The Morgan fingerprint density at radius 3 is 2.80 bits per heavy atom. The van der Waals surface area contributed by atoms with Gasteiger partial charge in [0.15, 0.2) is 0 Å². The third kappa shape index (κ3) is 3.20. The minimum absolute atomic E-state index is 0.0423. The van der Waals surface area contributed by atoms with Crippen LogP contribution in [0.2, 0.25) is 0 Å². The molecule has 1 aliphatic rings. The number of halogens is 3. The van der Waals surface area contributed by atoms with Crippen molar-refractivity contribution in [1.82, 2.24) is 9.97 Å². The van der Waals surface area contributed by atoms with Crippen molar-refractivity contribution >= 4 is 21.6 Å². The number of benzene rings is 1. The number of hydrogen-bond acceptors (Lipinski definition) is 4. The lowest BCUT2D eigenvalue weighted by molar-refractivity contribution is -0.137. The molecule has 2 heterocycles. The molecular formula is C18H15F3N2OS. The number of hydrogen-bond donors (Lipinski definition) is 0. The van der Waals surface area contributed by atoms with Crippen molar-refractivity contribution in [1.29, 1.82) is 0 Å². The van der Waals surface area contributed by atoms with Crippen LogP contribution < -0.4 is 4.74 Å². The summed E-state index contributed by atoms with van der Waals surface area (Å²) in [6.45, 7) is 0.0423. The summed E-state index contributed by atoms with van der Waals surface area (Å²) in [6.07, 6.45) is 1.41. The zero-order chi connectivity index (χ0) is 17.4. The van der Waals surface area contributed by atoms with Gasteiger partial charge in [-0.3, -0.25) is 0 Å². The van der Waals surface area contributed by atoms with E-state index in [1.165, 1.54) is 29.3 Å². The fraction of sp³-hybridized carbons (Fsp3) is 0.333. The Hall–Kier alpha value is -2.15. The van der Waals surface area contributed by atoms with Gasteiger partial charge in [0.2, 0.25) is 5.88 Å². The van der Waals surface area contributed by atoms with Crippen molar-refractivity contribution < 1.29 is 17.9 Å². The first-order valence-corrected chi connectivity index (χ1v) is 8.88. The largest absolute Gasteiger partial charge is 0.472 e. The lowest BCUT2D eigenvalue weighted by Crippen LogP contribution is -2.06. The molecule has 0 bridgehead atoms. The van der Waals surface area contributed by atoms with Crippen LogP contribution in [-0.4, -0.2) is 9.97 Å². The van der Waals surface area contributed by atoms with Gasteiger partial charge in [0.05, 0.1) is 10.9 Å². The van der Waals surface area contributed by atoms with Gasteiger partial charge in [0.1, 0.15) is 17.8 Å². The normalized spacial score (nSPS) is 14.5. The second-order valence-electron chi connectivity index (χ2n) is 6.06. The van der Waals surface area contributed by atoms with Crippen molar-refractivity contribution in [2.75, 3.05) is 0 Å². The summed E-state index contributed by atoms with van der Waals surface area (Å²) in [5.74, 6) is 0.460. The van der Waals surface area contributed by atoms with E-state index in [0.717, 1.165) is 41.6 Å². The molecule has 3 aromatic rings. The summed E-state index contributed by atoms with van der Waals surface area (Å²) >= 11 is 1.66. The molecule has 7 heteroatoms. The van der Waals surface area contributed by atoms with Gasteiger partial charge in [-0.05, 0) is 48.9 Å². The highest BCUT2D eigenvalue weighted by molar-refractivity contribution is 7.18. The lowest BCUT2D eigenvalue weighted by Gasteiger charge is -2.12. The summed E-state index contributed by atoms with van der Waals surface area (Å²) in [5.41, 5.74) is 1.03. The number of alkyl halides is 3. The molecule has 0 fully saturated rings. The summed E-state index contributed by atoms with van der Waals surface area (Å²) < 4.78 is 44.3. The van der Waals surface area contributed by atoms with Crippen molar-refractivity contribution in [2.24, 2.45) is 0 Å². The van der Waals surface area contributed by atoms with Crippen LogP contribution >= 0.6 is 11.3 Å². The highest BCUT2D eigenvalue weighted by atomic mass is 32.1. The van der Waals surface area contributed by atoms with Gasteiger partial charge < -0.3 is 4.74 Å². The molecule has 1 aromatic carbocycles. The maximum absolute atomic E-state index is 12.8. The molecule has 0 saturated heterocycles. The van der Waals surface area contributed by atoms with Crippen LogP contribution in [-0.2, 0) is 25.6 Å². The summed E-state index contributed by atoms with van der Waals surface area (Å²) in [6, 6.07) is 5.18. The van der Waals surface area contributed by atoms with Gasteiger partial charge in [-0.15, -0.1) is 11.3 Å². The first-order chi connectivity index (χ1) is 12.0. The molecule has 0 saturated carbocycles. The average molecular weight is 364 g/mol. The molecule has 25 heavy (non-hydrogen) atoms. The molecule has 1 aliphatic carbocycles. The molecule has 3 nitrogen and oxygen atoms in total. The molecule has 0 spiro atoms. The van der Waals surface area contributed by atoms with E-state index >= 15 is 0 Å². The highest BCUT2D eigenvalue weighted by Crippen LogP contribution is 2.39. The smallest absolute Gasteiger partial charge is 0.416 e. The minimum Gasteiger partial charge on any atom is -0.472 e. The van der Waals surface area contributed by atoms with E-state index in [2.05, 4.69) is 9.97 Å². The molecule has 0 radical (unpaired) electrons. The van der Waals surface area contributed by atoms with Crippen molar-refractivity contribution in [3.63, 3.8) is 0 Å². The van der Waals surface area contributed by atoms with Gasteiger partial charge in [-0.1, -0.05) is 12.1 Å². The Balaban J connectivity index is 1.63. The van der Waals surface area contributed by atoms with E-state index < -0.39 is 11.7 Å². The number of thiophene rings is 1. The van der Waals surface area contributed by atoms with E-state index in [4.69, 9.17) is 4.74 Å². The molecule has 0 atom stereocenters. The van der Waals surface area contributed by atoms with Gasteiger partial charge in [-0.25, -0.2) is 9.97 Å². The third-order valence-corrected chi connectivity index (χ3v) is 5.55. The fourth-order valence-electron chi connectivity index (χ4n) is 3.16. The van der Waals surface area contributed by atoms with E-state index in [9.17, 15) is 13.2 Å². The Morgan fingerprint density at radius 2 is 1.96 bits per heavy atom. The van der Waals surface area contributed by atoms with Gasteiger partial charge in [0, 0.05) is 4.88 Å². The van der Waals surface area contributed by atoms with E-state index in [0.29, 0.717) is 11.4 Å². The Labute approximate surface area is 146 Å². The molecule has 130 valence electrons. The number of ether oxygens (including phenoxy) is 1. The molecule has 0 unspecified atom stereocenters. The van der Waals surface area contributed by atoms with Crippen LogP contribution in [0, 0.1) is 0 Å². The molecule has 4 rings (SSSR count). The quantitative estimate of drug-likeness (QED) is 0.643. The Bertz CT molecular complexity index is 920. The van der Waals surface area contributed by atoms with Crippen molar-refractivity contribution in [3.8, 4) is 5.88 Å². The van der Waals surface area contributed by atoms with Gasteiger partial charge >= 0.3 is 6.18 Å². The number of fused-ring (bicyclic) bond motifs is 3. The monoisotopic (exact) mass is 364 g/mol. The first kappa shape index (κ1) is 16.3. The standard InChI is InChI=1S/C18H15F3N2OS/c19-18(20,21)12-5-3-4-11(8-12)9-24-16-15-13-6-1-2-7-14(13)25-17(15)23-10-22-16/h3-5,8,10H,1-2,6-7,9H2. The topological polar surface area (TPSA) is 35.0 Å². The average Bonchev–Trinajstić information content (AvgIpc) is 2.98. The SMILES string of the molecule is FC(F)(F)c1cccc(COc2ncnc3sc4c(c23)CCCC4)c1. The lowest BCUT2D eigenvalue weighted by atomic mass is 9.97. The molecule has 0 N–H and O–H groups in total. The zero-order valence-electron chi connectivity index (χ0n) is 13.3. The van der Waals surface area contributed by atoms with Crippen LogP contribution in [0.1, 0.15) is 34.4 Å². The second-order valence-corrected chi connectivity index (χ2v) is 7.14. The van der Waals surface area contributed by atoms with Crippen LogP contribution in [0.15, 0.2) is 30.6 Å². The molecule has 0 amide bonds.